The summed E-state index contributed by atoms with van der Waals surface area (Å²) in [5.74, 6) is -0.216. The highest BCUT2D eigenvalue weighted by Crippen LogP contribution is 2.41. The Morgan fingerprint density at radius 2 is 1.94 bits per heavy atom. The number of carbonyl (C=O) groups is 2. The maximum absolute atomic E-state index is 13.2. The maximum atomic E-state index is 13.2. The molecule has 7 nitrogen and oxygen atoms in total. The van der Waals surface area contributed by atoms with Gasteiger partial charge in [-0.3, -0.25) is 9.59 Å². The highest BCUT2D eigenvalue weighted by atomic mass is 16.5. The Morgan fingerprint density at radius 3 is 2.60 bits per heavy atom. The number of nitrogens with zero attached hydrogens (tertiary/aromatic N) is 1. The quantitative estimate of drug-likeness (QED) is 0.215. The number of ketones is 1. The number of amides is 1. The van der Waals surface area contributed by atoms with E-state index in [0.29, 0.717) is 30.1 Å². The van der Waals surface area contributed by atoms with E-state index < -0.39 is 17.7 Å². The fourth-order valence-corrected chi connectivity index (χ4v) is 4.17. The third-order valence-electron chi connectivity index (χ3n) is 5.82. The zero-order valence-corrected chi connectivity index (χ0v) is 20.7. The van der Waals surface area contributed by atoms with Crippen LogP contribution in [0.15, 0.2) is 60.7 Å². The zero-order chi connectivity index (χ0) is 25.5. The predicted octanol–water partition coefficient (Wildman–Crippen LogP) is 4.84. The third kappa shape index (κ3) is 5.57. The summed E-state index contributed by atoms with van der Waals surface area (Å²) in [4.78, 5) is 27.7. The Labute approximate surface area is 206 Å². The molecule has 1 N–H and O–H groups in total. The van der Waals surface area contributed by atoms with Gasteiger partial charge in [0.2, 0.25) is 0 Å². The lowest BCUT2D eigenvalue weighted by Gasteiger charge is -2.25. The van der Waals surface area contributed by atoms with E-state index in [1.54, 1.807) is 36.4 Å². The van der Waals surface area contributed by atoms with E-state index in [2.05, 4.69) is 6.58 Å². The van der Waals surface area contributed by atoms with E-state index in [4.69, 9.17) is 14.2 Å². The molecule has 0 spiro atoms. The van der Waals surface area contributed by atoms with Gasteiger partial charge in [0.05, 0.1) is 24.8 Å². The van der Waals surface area contributed by atoms with E-state index in [1.165, 1.54) is 12.0 Å². The first kappa shape index (κ1) is 26.0. The van der Waals surface area contributed by atoms with Crippen molar-refractivity contribution < 1.29 is 28.9 Å². The molecule has 0 aliphatic carbocycles. The summed E-state index contributed by atoms with van der Waals surface area (Å²) in [7, 11) is 1.53. The van der Waals surface area contributed by atoms with Crippen molar-refractivity contribution in [1.29, 1.82) is 0 Å². The van der Waals surface area contributed by atoms with Gasteiger partial charge in [-0.15, -0.1) is 0 Å². The van der Waals surface area contributed by atoms with Crippen molar-refractivity contribution in [3.8, 4) is 11.5 Å². The summed E-state index contributed by atoms with van der Waals surface area (Å²) in [6.45, 7) is 10.9. The van der Waals surface area contributed by atoms with Gasteiger partial charge in [0.1, 0.15) is 23.9 Å². The van der Waals surface area contributed by atoms with Gasteiger partial charge in [0.15, 0.2) is 0 Å². The fraction of sp³-hybridized carbons (Fsp3) is 0.357. The molecule has 1 unspecified atom stereocenters. The molecular formula is C28H33NO6. The fourth-order valence-electron chi connectivity index (χ4n) is 4.17. The first-order valence-electron chi connectivity index (χ1n) is 11.7. The van der Waals surface area contributed by atoms with Crippen molar-refractivity contribution in [3.05, 3.63) is 77.4 Å². The summed E-state index contributed by atoms with van der Waals surface area (Å²) in [6.07, 6.45) is 1.63. The van der Waals surface area contributed by atoms with Crippen LogP contribution in [-0.4, -0.2) is 55.2 Å². The number of aliphatic hydroxyl groups excluding tert-OH is 1. The van der Waals surface area contributed by atoms with Gasteiger partial charge >= 0.3 is 0 Å². The lowest BCUT2D eigenvalue weighted by atomic mass is 9.93. The Morgan fingerprint density at radius 1 is 1.17 bits per heavy atom. The Balaban J connectivity index is 2.16. The average molecular weight is 480 g/mol. The van der Waals surface area contributed by atoms with E-state index in [1.807, 2.05) is 32.9 Å². The number of ether oxygens (including phenoxy) is 3. The molecule has 0 saturated carbocycles. The van der Waals surface area contributed by atoms with Gasteiger partial charge in [-0.1, -0.05) is 38.6 Å². The summed E-state index contributed by atoms with van der Waals surface area (Å²) in [6, 6.07) is 11.7. The van der Waals surface area contributed by atoms with Gasteiger partial charge < -0.3 is 24.2 Å². The standard InChI is InChI=1S/C28H33NO6/c1-6-14-35-21-10-8-9-19(16-21)25-24(27(31)28(32)29(25)13-15-33-5)26(30)20-11-12-23(34-7-2)22(17-20)18(3)4/h6,8-12,16-18,25,30H,1,7,13-15H2,2-5H3/b26-24+. The van der Waals surface area contributed by atoms with Crippen LogP contribution in [0.1, 0.15) is 49.4 Å². The molecule has 1 aliphatic heterocycles. The molecule has 1 atom stereocenters. The molecule has 0 radical (unpaired) electrons. The second-order valence-corrected chi connectivity index (χ2v) is 8.50. The minimum absolute atomic E-state index is 0.0332. The molecule has 186 valence electrons. The number of rotatable bonds is 11. The summed E-state index contributed by atoms with van der Waals surface area (Å²) in [5, 5.41) is 11.4. The minimum atomic E-state index is -0.786. The lowest BCUT2D eigenvalue weighted by Crippen LogP contribution is -2.32. The van der Waals surface area contributed by atoms with Crippen molar-refractivity contribution in [2.75, 3.05) is 33.5 Å². The van der Waals surface area contributed by atoms with E-state index in [0.717, 1.165) is 11.3 Å². The number of benzene rings is 2. The average Bonchev–Trinajstić information content (AvgIpc) is 3.11. The number of likely N-dealkylation sites (tertiary alicyclic amines) is 1. The van der Waals surface area contributed by atoms with Crippen LogP contribution in [0.4, 0.5) is 0 Å². The van der Waals surface area contributed by atoms with Gasteiger partial charge in [-0.25, -0.2) is 0 Å². The van der Waals surface area contributed by atoms with Crippen molar-refractivity contribution in [1.82, 2.24) is 4.90 Å². The van der Waals surface area contributed by atoms with Crippen molar-refractivity contribution in [3.63, 3.8) is 0 Å². The van der Waals surface area contributed by atoms with Crippen LogP contribution in [0.25, 0.3) is 5.76 Å². The third-order valence-corrected chi connectivity index (χ3v) is 5.82. The largest absolute Gasteiger partial charge is 0.507 e. The number of methoxy groups -OCH3 is 1. The summed E-state index contributed by atoms with van der Waals surface area (Å²) in [5.41, 5.74) is 2.04. The Kier molecular flexibility index (Phi) is 8.71. The summed E-state index contributed by atoms with van der Waals surface area (Å²) >= 11 is 0. The first-order chi connectivity index (χ1) is 16.8. The van der Waals surface area contributed by atoms with Crippen LogP contribution in [0, 0.1) is 0 Å². The second-order valence-electron chi connectivity index (χ2n) is 8.50. The molecular weight excluding hydrogens is 446 g/mol. The van der Waals surface area contributed by atoms with Crippen LogP contribution < -0.4 is 9.47 Å². The van der Waals surface area contributed by atoms with Crippen LogP contribution >= 0.6 is 0 Å². The van der Waals surface area contributed by atoms with Crippen molar-refractivity contribution in [2.45, 2.75) is 32.7 Å². The molecule has 2 aromatic rings. The van der Waals surface area contributed by atoms with E-state index in [9.17, 15) is 14.7 Å². The number of carbonyl (C=O) groups excluding carboxylic acids is 2. The van der Waals surface area contributed by atoms with Gasteiger partial charge in [0.25, 0.3) is 11.7 Å². The van der Waals surface area contributed by atoms with E-state index >= 15 is 0 Å². The molecule has 0 bridgehead atoms. The second kappa shape index (κ2) is 11.7. The monoisotopic (exact) mass is 479 g/mol. The van der Waals surface area contributed by atoms with Crippen LogP contribution in [0.2, 0.25) is 0 Å². The molecule has 1 fully saturated rings. The van der Waals surface area contributed by atoms with Crippen LogP contribution in [0.3, 0.4) is 0 Å². The topological polar surface area (TPSA) is 85.3 Å². The Bertz CT molecular complexity index is 1120. The molecule has 2 aromatic carbocycles. The van der Waals surface area contributed by atoms with Gasteiger partial charge in [0, 0.05) is 19.2 Å². The predicted molar refractivity (Wildman–Crippen MR) is 135 cm³/mol. The van der Waals surface area contributed by atoms with Crippen LogP contribution in [0.5, 0.6) is 11.5 Å². The maximum Gasteiger partial charge on any atom is 0.295 e. The first-order valence-corrected chi connectivity index (χ1v) is 11.7. The highest BCUT2D eigenvalue weighted by Gasteiger charge is 2.46. The molecule has 1 saturated heterocycles. The number of Topliss-reactive ketones (excluding diaryl/α,β-unsaturated/α-hetero) is 1. The minimum Gasteiger partial charge on any atom is -0.507 e. The smallest absolute Gasteiger partial charge is 0.295 e. The van der Waals surface area contributed by atoms with Crippen molar-refractivity contribution >= 4 is 17.4 Å². The molecule has 0 aromatic heterocycles. The highest BCUT2D eigenvalue weighted by molar-refractivity contribution is 6.46. The number of aliphatic hydroxyl groups is 1. The van der Waals surface area contributed by atoms with E-state index in [-0.39, 0.29) is 30.4 Å². The molecule has 1 amide bonds. The van der Waals surface area contributed by atoms with Gasteiger partial charge in [-0.05, 0) is 54.3 Å². The molecule has 1 heterocycles. The number of hydrogen-bond acceptors (Lipinski definition) is 6. The van der Waals surface area contributed by atoms with Crippen molar-refractivity contribution in [2.24, 2.45) is 0 Å². The lowest BCUT2D eigenvalue weighted by molar-refractivity contribution is -0.140. The normalized spacial score (nSPS) is 17.2. The molecule has 35 heavy (non-hydrogen) atoms. The molecule has 7 heteroatoms. The summed E-state index contributed by atoms with van der Waals surface area (Å²) < 4.78 is 16.6. The van der Waals surface area contributed by atoms with Crippen LogP contribution in [-0.2, 0) is 14.3 Å². The zero-order valence-electron chi connectivity index (χ0n) is 20.7. The molecule has 3 rings (SSSR count). The molecule has 1 aliphatic rings. The Hall–Kier alpha value is -3.58. The number of hydrogen-bond donors (Lipinski definition) is 1. The SMILES string of the molecule is C=CCOc1cccc(C2/C(=C(\O)c3ccc(OCC)c(C(C)C)c3)C(=O)C(=O)N2CCOC)c1. The van der Waals surface area contributed by atoms with Gasteiger partial charge in [-0.2, -0.15) is 0 Å².